The standard InChI is InChI=1S/C14H20N4O/c19-14-16-9-10-18(14)13-3-1-11(2-4-13)17-12-5-7-15-8-6-12/h1-4,12,15,17H,5-10H2,(H,16,19). The quantitative estimate of drug-likeness (QED) is 0.769. The smallest absolute Gasteiger partial charge is 0.321 e. The molecule has 0 bridgehead atoms. The first-order chi connectivity index (χ1) is 9.33. The summed E-state index contributed by atoms with van der Waals surface area (Å²) in [5.41, 5.74) is 2.10. The third kappa shape index (κ3) is 2.81. The molecule has 3 rings (SSSR count). The Kier molecular flexibility index (Phi) is 3.55. The largest absolute Gasteiger partial charge is 0.382 e. The van der Waals surface area contributed by atoms with Gasteiger partial charge in [0.05, 0.1) is 0 Å². The number of nitrogens with zero attached hydrogens (tertiary/aromatic N) is 1. The van der Waals surface area contributed by atoms with Gasteiger partial charge >= 0.3 is 6.03 Å². The molecule has 2 heterocycles. The number of carbonyl (C=O) groups excluding carboxylic acids is 1. The summed E-state index contributed by atoms with van der Waals surface area (Å²) in [5.74, 6) is 0. The summed E-state index contributed by atoms with van der Waals surface area (Å²) in [6.07, 6.45) is 2.33. The molecule has 0 unspecified atom stereocenters. The summed E-state index contributed by atoms with van der Waals surface area (Å²) >= 11 is 0. The average Bonchev–Trinajstić information content (AvgIpc) is 2.87. The first-order valence-corrected chi connectivity index (χ1v) is 6.95. The number of anilines is 2. The highest BCUT2D eigenvalue weighted by Crippen LogP contribution is 2.21. The van der Waals surface area contributed by atoms with Gasteiger partial charge in [0, 0.05) is 30.5 Å². The predicted octanol–water partition coefficient (Wildman–Crippen LogP) is 1.38. The second kappa shape index (κ2) is 5.48. The van der Waals surface area contributed by atoms with E-state index in [1.165, 1.54) is 0 Å². The summed E-state index contributed by atoms with van der Waals surface area (Å²) in [4.78, 5) is 13.3. The lowest BCUT2D eigenvalue weighted by Gasteiger charge is -2.25. The Morgan fingerprint density at radius 1 is 1.11 bits per heavy atom. The minimum Gasteiger partial charge on any atom is -0.382 e. The van der Waals surface area contributed by atoms with Gasteiger partial charge in [-0.15, -0.1) is 0 Å². The fourth-order valence-electron chi connectivity index (χ4n) is 2.66. The van der Waals surface area contributed by atoms with Gasteiger partial charge in [-0.2, -0.15) is 0 Å². The van der Waals surface area contributed by atoms with Crippen molar-refractivity contribution in [2.45, 2.75) is 18.9 Å². The third-order valence-corrected chi connectivity index (χ3v) is 3.75. The summed E-state index contributed by atoms with van der Waals surface area (Å²) in [7, 11) is 0. The summed E-state index contributed by atoms with van der Waals surface area (Å²) in [6.45, 7) is 3.65. The maximum atomic E-state index is 11.6. The fraction of sp³-hybridized carbons (Fsp3) is 0.500. The number of nitrogens with one attached hydrogen (secondary N) is 3. The molecule has 19 heavy (non-hydrogen) atoms. The predicted molar refractivity (Wildman–Crippen MR) is 76.7 cm³/mol. The van der Waals surface area contributed by atoms with Crippen LogP contribution in [-0.2, 0) is 0 Å². The molecule has 5 heteroatoms. The van der Waals surface area contributed by atoms with E-state index >= 15 is 0 Å². The number of benzene rings is 1. The van der Waals surface area contributed by atoms with Crippen LogP contribution in [0.2, 0.25) is 0 Å². The highest BCUT2D eigenvalue weighted by Gasteiger charge is 2.20. The molecule has 0 radical (unpaired) electrons. The maximum absolute atomic E-state index is 11.6. The number of piperidine rings is 1. The van der Waals surface area contributed by atoms with Gasteiger partial charge in [0.15, 0.2) is 0 Å². The molecule has 0 aromatic heterocycles. The van der Waals surface area contributed by atoms with Crippen LogP contribution in [0, 0.1) is 0 Å². The monoisotopic (exact) mass is 260 g/mol. The fourth-order valence-corrected chi connectivity index (χ4v) is 2.66. The van der Waals surface area contributed by atoms with Crippen molar-refractivity contribution in [3.05, 3.63) is 24.3 Å². The Hall–Kier alpha value is -1.75. The minimum atomic E-state index is -0.000867. The van der Waals surface area contributed by atoms with Crippen LogP contribution in [0.4, 0.5) is 16.2 Å². The lowest BCUT2D eigenvalue weighted by atomic mass is 10.1. The van der Waals surface area contributed by atoms with Gasteiger partial charge in [-0.3, -0.25) is 4.90 Å². The van der Waals surface area contributed by atoms with Crippen molar-refractivity contribution in [2.75, 3.05) is 36.4 Å². The summed E-state index contributed by atoms with van der Waals surface area (Å²) < 4.78 is 0. The molecule has 5 nitrogen and oxygen atoms in total. The number of carbonyl (C=O) groups is 1. The zero-order valence-electron chi connectivity index (χ0n) is 11.0. The van der Waals surface area contributed by atoms with Crippen molar-refractivity contribution in [2.24, 2.45) is 0 Å². The molecule has 0 spiro atoms. The first kappa shape index (κ1) is 12.3. The number of urea groups is 1. The molecular weight excluding hydrogens is 240 g/mol. The van der Waals surface area contributed by atoms with Crippen molar-refractivity contribution in [1.82, 2.24) is 10.6 Å². The number of amides is 2. The Labute approximate surface area is 113 Å². The van der Waals surface area contributed by atoms with Crippen LogP contribution in [0.25, 0.3) is 0 Å². The molecule has 0 atom stereocenters. The molecule has 102 valence electrons. The molecule has 1 aromatic carbocycles. The molecule has 2 aliphatic rings. The molecule has 2 amide bonds. The number of rotatable bonds is 3. The van der Waals surface area contributed by atoms with Crippen molar-refractivity contribution in [3.63, 3.8) is 0 Å². The molecule has 1 aromatic rings. The van der Waals surface area contributed by atoms with Crippen molar-refractivity contribution >= 4 is 17.4 Å². The van der Waals surface area contributed by atoms with Gasteiger partial charge in [-0.25, -0.2) is 4.79 Å². The van der Waals surface area contributed by atoms with Crippen molar-refractivity contribution in [1.29, 1.82) is 0 Å². The van der Waals surface area contributed by atoms with Gasteiger partial charge in [0.2, 0.25) is 0 Å². The third-order valence-electron chi connectivity index (χ3n) is 3.75. The first-order valence-electron chi connectivity index (χ1n) is 6.95. The molecule has 0 saturated carbocycles. The van der Waals surface area contributed by atoms with E-state index in [2.05, 4.69) is 28.1 Å². The van der Waals surface area contributed by atoms with E-state index < -0.39 is 0 Å². The topological polar surface area (TPSA) is 56.4 Å². The van der Waals surface area contributed by atoms with Crippen LogP contribution in [0.15, 0.2) is 24.3 Å². The van der Waals surface area contributed by atoms with E-state index in [1.54, 1.807) is 4.90 Å². The van der Waals surface area contributed by atoms with Gasteiger partial charge in [-0.05, 0) is 50.2 Å². The van der Waals surface area contributed by atoms with Crippen LogP contribution in [0.3, 0.4) is 0 Å². The van der Waals surface area contributed by atoms with E-state index in [9.17, 15) is 4.79 Å². The Morgan fingerprint density at radius 3 is 2.47 bits per heavy atom. The summed E-state index contributed by atoms with van der Waals surface area (Å²) in [5, 5.41) is 9.72. The lowest BCUT2D eigenvalue weighted by Crippen LogP contribution is -2.35. The zero-order valence-corrected chi connectivity index (χ0v) is 11.0. The van der Waals surface area contributed by atoms with Crippen LogP contribution in [0.5, 0.6) is 0 Å². The number of hydrogen-bond acceptors (Lipinski definition) is 3. The normalized spacial score (nSPS) is 20.4. The molecule has 3 N–H and O–H groups in total. The van der Waals surface area contributed by atoms with Gasteiger partial charge in [0.1, 0.15) is 0 Å². The van der Waals surface area contributed by atoms with Crippen LogP contribution < -0.4 is 20.9 Å². The zero-order chi connectivity index (χ0) is 13.1. The van der Waals surface area contributed by atoms with Crippen molar-refractivity contribution < 1.29 is 4.79 Å². The molecule has 0 aliphatic carbocycles. The van der Waals surface area contributed by atoms with E-state index in [-0.39, 0.29) is 6.03 Å². The van der Waals surface area contributed by atoms with Crippen LogP contribution in [-0.4, -0.2) is 38.3 Å². The molecule has 2 aliphatic heterocycles. The van der Waals surface area contributed by atoms with Crippen LogP contribution in [0.1, 0.15) is 12.8 Å². The Balaban J connectivity index is 1.63. The second-order valence-corrected chi connectivity index (χ2v) is 5.10. The van der Waals surface area contributed by atoms with E-state index in [4.69, 9.17) is 0 Å². The van der Waals surface area contributed by atoms with Crippen molar-refractivity contribution in [3.8, 4) is 0 Å². The summed E-state index contributed by atoms with van der Waals surface area (Å²) in [6, 6.07) is 8.69. The van der Waals surface area contributed by atoms with E-state index in [1.807, 2.05) is 12.1 Å². The lowest BCUT2D eigenvalue weighted by molar-refractivity contribution is 0.252. The molecular formula is C14H20N4O. The van der Waals surface area contributed by atoms with Crippen LogP contribution >= 0.6 is 0 Å². The average molecular weight is 260 g/mol. The minimum absolute atomic E-state index is 0.000867. The SMILES string of the molecule is O=C1NCCN1c1ccc(NC2CCNCC2)cc1. The van der Waals surface area contributed by atoms with E-state index in [0.29, 0.717) is 6.04 Å². The Bertz CT molecular complexity index is 439. The maximum Gasteiger partial charge on any atom is 0.321 e. The Morgan fingerprint density at radius 2 is 1.84 bits per heavy atom. The van der Waals surface area contributed by atoms with Gasteiger partial charge < -0.3 is 16.0 Å². The molecule has 2 fully saturated rings. The van der Waals surface area contributed by atoms with Gasteiger partial charge in [0.25, 0.3) is 0 Å². The second-order valence-electron chi connectivity index (χ2n) is 5.10. The highest BCUT2D eigenvalue weighted by molar-refractivity contribution is 5.94. The van der Waals surface area contributed by atoms with Gasteiger partial charge in [-0.1, -0.05) is 0 Å². The highest BCUT2D eigenvalue weighted by atomic mass is 16.2. The number of hydrogen-bond donors (Lipinski definition) is 3. The van der Waals surface area contributed by atoms with E-state index in [0.717, 1.165) is 50.4 Å². The molecule has 2 saturated heterocycles.